The van der Waals surface area contributed by atoms with E-state index in [4.69, 9.17) is 18.9 Å². The Balaban J connectivity index is 1.99. The summed E-state index contributed by atoms with van der Waals surface area (Å²) in [6.07, 6.45) is 21.9. The van der Waals surface area contributed by atoms with Crippen LogP contribution in [0, 0.1) is 0 Å². The summed E-state index contributed by atoms with van der Waals surface area (Å²) in [7, 11) is -7.43. The molecular formula is C43H68O11S2-2. The molecule has 13 heteroatoms. The Hall–Kier alpha value is -2.87. The summed E-state index contributed by atoms with van der Waals surface area (Å²) in [5.74, 6) is 0.224. The van der Waals surface area contributed by atoms with E-state index in [0.717, 1.165) is 38.5 Å². The van der Waals surface area contributed by atoms with Crippen molar-refractivity contribution in [3.8, 4) is 23.0 Å². The number of unbranched alkanes of at least 4 members (excludes halogenated alkanes) is 18. The minimum absolute atomic E-state index is 0.0106. The molecule has 0 bridgehead atoms. The molecule has 320 valence electrons. The van der Waals surface area contributed by atoms with Crippen LogP contribution in [0.15, 0.2) is 36.4 Å². The lowest BCUT2D eigenvalue weighted by molar-refractivity contribution is -0.119. The predicted octanol–water partition coefficient (Wildman–Crippen LogP) is 10.5. The maximum atomic E-state index is 13.3. The lowest BCUT2D eigenvalue weighted by Gasteiger charge is -2.24. The Morgan fingerprint density at radius 3 is 1.09 bits per heavy atom. The van der Waals surface area contributed by atoms with E-state index >= 15 is 0 Å². The van der Waals surface area contributed by atoms with E-state index in [2.05, 4.69) is 13.8 Å². The molecule has 0 amide bonds. The highest BCUT2D eigenvalue weighted by Crippen LogP contribution is 2.38. The maximum absolute atomic E-state index is 13.3. The van der Waals surface area contributed by atoms with Crippen LogP contribution in [0.5, 0.6) is 23.0 Å². The van der Waals surface area contributed by atoms with Crippen LogP contribution in [0.25, 0.3) is 0 Å². The third-order valence-electron chi connectivity index (χ3n) is 10.2. The second kappa shape index (κ2) is 27.7. The van der Waals surface area contributed by atoms with Gasteiger partial charge in [-0.1, -0.05) is 142 Å². The molecule has 0 aliphatic carbocycles. The quantitative estimate of drug-likeness (QED) is 0.0486. The number of ether oxygens (including phenoxy) is 4. The number of hydrogen-bond acceptors (Lipinski definition) is 11. The van der Waals surface area contributed by atoms with Crippen molar-refractivity contribution in [3.05, 3.63) is 47.5 Å². The predicted molar refractivity (Wildman–Crippen MR) is 220 cm³/mol. The van der Waals surface area contributed by atoms with Crippen LogP contribution in [0.4, 0.5) is 0 Å². The lowest BCUT2D eigenvalue weighted by atomic mass is 10.0. The molecule has 2 unspecified atom stereocenters. The lowest BCUT2D eigenvalue weighted by Crippen LogP contribution is -2.21. The summed E-state index contributed by atoms with van der Waals surface area (Å²) in [6, 6.07) is 8.41. The van der Waals surface area contributed by atoms with Crippen molar-refractivity contribution in [2.45, 2.75) is 166 Å². The van der Waals surface area contributed by atoms with Crippen molar-refractivity contribution in [3.63, 3.8) is 0 Å². The Labute approximate surface area is 338 Å². The zero-order valence-electron chi connectivity index (χ0n) is 34.4. The van der Waals surface area contributed by atoms with E-state index in [1.807, 2.05) is 0 Å². The molecule has 0 N–H and O–H groups in total. The van der Waals surface area contributed by atoms with Gasteiger partial charge >= 0.3 is 0 Å². The topological polar surface area (TPSA) is 168 Å². The van der Waals surface area contributed by atoms with Crippen molar-refractivity contribution >= 4 is 26.0 Å². The van der Waals surface area contributed by atoms with E-state index in [1.165, 1.54) is 141 Å². The zero-order chi connectivity index (χ0) is 41.2. The molecule has 0 aliphatic heterocycles. The number of benzene rings is 2. The van der Waals surface area contributed by atoms with Crippen molar-refractivity contribution < 1.29 is 49.7 Å². The van der Waals surface area contributed by atoms with Gasteiger partial charge in [0.1, 0.15) is 26.0 Å². The molecule has 0 heterocycles. The highest BCUT2D eigenvalue weighted by Gasteiger charge is 2.29. The van der Waals surface area contributed by atoms with E-state index in [0.29, 0.717) is 24.7 Å². The Morgan fingerprint density at radius 1 is 0.500 bits per heavy atom. The van der Waals surface area contributed by atoms with Gasteiger partial charge in [-0.3, -0.25) is 4.79 Å². The summed E-state index contributed by atoms with van der Waals surface area (Å²) in [4.78, 5) is 13.3. The molecule has 2 atom stereocenters. The maximum Gasteiger partial charge on any atom is 0.161 e. The van der Waals surface area contributed by atoms with Crippen LogP contribution in [0.3, 0.4) is 0 Å². The van der Waals surface area contributed by atoms with Gasteiger partial charge in [-0.25, -0.2) is 16.8 Å². The molecule has 0 aliphatic rings. The molecule has 2 aromatic carbocycles. The second-order valence-electron chi connectivity index (χ2n) is 14.8. The number of carbonyl (C=O) groups excluding carboxylic acids is 1. The Morgan fingerprint density at radius 2 is 0.804 bits per heavy atom. The van der Waals surface area contributed by atoms with Gasteiger partial charge in [-0.05, 0) is 48.2 Å². The number of methoxy groups -OCH3 is 2. The highest BCUT2D eigenvalue weighted by atomic mass is 32.2. The molecule has 0 saturated carbocycles. The first kappa shape index (κ1) is 49.3. The summed E-state index contributed by atoms with van der Waals surface area (Å²) < 4.78 is 97.2. The van der Waals surface area contributed by atoms with Gasteiger partial charge in [0.15, 0.2) is 23.0 Å². The molecule has 0 fully saturated rings. The third kappa shape index (κ3) is 19.5. The first-order valence-corrected chi connectivity index (χ1v) is 23.8. The van der Waals surface area contributed by atoms with Gasteiger partial charge in [0.2, 0.25) is 0 Å². The first-order valence-electron chi connectivity index (χ1n) is 20.9. The fourth-order valence-corrected chi connectivity index (χ4v) is 8.56. The van der Waals surface area contributed by atoms with Crippen molar-refractivity contribution in [1.82, 2.24) is 0 Å². The van der Waals surface area contributed by atoms with E-state index < -0.39 is 49.4 Å². The second-order valence-corrected chi connectivity index (χ2v) is 17.9. The van der Waals surface area contributed by atoms with E-state index in [9.17, 15) is 30.7 Å². The van der Waals surface area contributed by atoms with Gasteiger partial charge in [0.05, 0.1) is 37.9 Å². The van der Waals surface area contributed by atoms with E-state index in [1.54, 1.807) is 0 Å². The minimum Gasteiger partial charge on any atom is -0.747 e. The van der Waals surface area contributed by atoms with E-state index in [-0.39, 0.29) is 22.6 Å². The molecule has 0 saturated heterocycles. The minimum atomic E-state index is -5.10. The monoisotopic (exact) mass is 824 g/mol. The molecule has 2 rings (SSSR count). The summed E-state index contributed by atoms with van der Waals surface area (Å²) >= 11 is 0. The largest absolute Gasteiger partial charge is 0.747 e. The van der Waals surface area contributed by atoms with Gasteiger partial charge < -0.3 is 28.1 Å². The fourth-order valence-electron chi connectivity index (χ4n) is 6.82. The number of hydrogen-bond donors (Lipinski definition) is 0. The zero-order valence-corrected chi connectivity index (χ0v) is 36.0. The number of rotatable bonds is 34. The van der Waals surface area contributed by atoms with Crippen LogP contribution < -0.4 is 18.9 Å². The van der Waals surface area contributed by atoms with Crippen LogP contribution in [-0.4, -0.2) is 59.2 Å². The standard InChI is InChI=1S/C43H70O11S2/c1-5-7-9-11-13-15-17-19-21-23-29-53-38-27-25-35(31-40(38)51-3)42(55(45,46)47)33-37(44)34-43(56(48,49)50)36-26-28-39(41(32-36)52-4)54-30-24-22-20-18-16-14-12-10-8-6-2/h25-28,31-32,42-43H,5-24,29-30,33-34H2,1-4H3,(H,45,46,47)(H,48,49,50)/p-2. The molecular weight excluding hydrogens is 757 g/mol. The SMILES string of the molecule is CCCCCCCCCCCCOc1ccc(C(CC(=O)CC(c2ccc(OCCCCCCCCCCCC)c(OC)c2)S(=O)(=O)[O-])S(=O)(=O)[O-])cc1OC. The smallest absolute Gasteiger partial charge is 0.161 e. The number of carbonyl (C=O) groups is 1. The van der Waals surface area contributed by atoms with Gasteiger partial charge in [-0.15, -0.1) is 0 Å². The number of ketones is 1. The molecule has 0 spiro atoms. The van der Waals surface area contributed by atoms with Gasteiger partial charge in [0, 0.05) is 12.8 Å². The van der Waals surface area contributed by atoms with Gasteiger partial charge in [-0.2, -0.15) is 0 Å². The highest BCUT2D eigenvalue weighted by molar-refractivity contribution is 7.86. The Bertz CT molecular complexity index is 1490. The fraction of sp³-hybridized carbons (Fsp3) is 0.698. The normalized spacial score (nSPS) is 13.0. The molecule has 0 radical (unpaired) electrons. The van der Waals surface area contributed by atoms with Gasteiger partial charge in [0.25, 0.3) is 0 Å². The van der Waals surface area contributed by atoms with Crippen LogP contribution in [0.2, 0.25) is 0 Å². The summed E-state index contributed by atoms with van der Waals surface area (Å²) in [5.41, 5.74) is -0.0211. The Kier molecular flexibility index (Phi) is 24.4. The van der Waals surface area contributed by atoms with Crippen molar-refractivity contribution in [1.29, 1.82) is 0 Å². The summed E-state index contributed by atoms with van der Waals surface area (Å²) in [5, 5.41) is -3.68. The third-order valence-corrected chi connectivity index (χ3v) is 12.4. The summed E-state index contributed by atoms with van der Waals surface area (Å²) in [6.45, 7) is 5.28. The van der Waals surface area contributed by atoms with Crippen molar-refractivity contribution in [2.75, 3.05) is 27.4 Å². The first-order chi connectivity index (χ1) is 26.8. The van der Waals surface area contributed by atoms with Crippen LogP contribution in [-0.2, 0) is 25.0 Å². The molecule has 0 aromatic heterocycles. The average molecular weight is 825 g/mol. The van der Waals surface area contributed by atoms with Crippen molar-refractivity contribution in [2.24, 2.45) is 0 Å². The molecule has 56 heavy (non-hydrogen) atoms. The van der Waals surface area contributed by atoms with Crippen LogP contribution >= 0.6 is 0 Å². The molecule has 11 nitrogen and oxygen atoms in total. The average Bonchev–Trinajstić information content (AvgIpc) is 3.16. The number of Topliss-reactive ketones (excluding diaryl/α,β-unsaturated/α-hetero) is 1. The van der Waals surface area contributed by atoms with Crippen LogP contribution in [0.1, 0.15) is 177 Å². The molecule has 2 aromatic rings.